The summed E-state index contributed by atoms with van der Waals surface area (Å²) in [7, 11) is 5.63. The number of rotatable bonds is 12. The maximum absolute atomic E-state index is 14.5. The SMILES string of the molecule is CC(=O)c1nn(CC(=O)N2C[C@H](F)C[C@H]2C(=O)Nc2cccc(Br)n2)c2ccc(-c3nc4ccccc4[nH]3)cc12.CC(=O)c1nn(CC(=O)O)c2ccc(-c3nc4ccccc4[nH]3)cc12.O=C(Nc1cccc(Br)n1)[C@@H]1C[C@@H](F)CN1.S=S=S=S=S=S. The molecule has 4 atom stereocenters. The zero-order valence-electron chi connectivity index (χ0n) is 45.5. The monoisotopic (exact) mass is 1420 g/mol. The number of hydrogen-bond acceptors (Lipinski definition) is 15. The van der Waals surface area contributed by atoms with Gasteiger partial charge in [0.05, 0.1) is 45.7 Å². The van der Waals surface area contributed by atoms with Gasteiger partial charge in [0.25, 0.3) is 0 Å². The molecule has 8 heterocycles. The predicted octanol–water partition coefficient (Wildman–Crippen LogP) is 8.85. The van der Waals surface area contributed by atoms with Crippen LogP contribution in [0.15, 0.2) is 131 Å². The highest BCUT2D eigenvalue weighted by Crippen LogP contribution is 2.30. The number of nitrogens with one attached hydrogen (secondary N) is 5. The summed E-state index contributed by atoms with van der Waals surface area (Å²) in [5, 5.41) is 26.9. The maximum Gasteiger partial charge on any atom is 0.325 e. The fraction of sp³-hybridized carbons (Fsp3) is 0.214. The molecule has 0 radical (unpaired) electrons. The van der Waals surface area contributed by atoms with Gasteiger partial charge in [-0.2, -0.15) is 10.2 Å². The van der Waals surface area contributed by atoms with Crippen LogP contribution >= 0.6 is 31.9 Å². The first kappa shape index (κ1) is 63.9. The molecule has 3 amide bonds. The number of anilines is 2. The van der Waals surface area contributed by atoms with E-state index in [-0.39, 0.29) is 67.9 Å². The maximum atomic E-state index is 14.5. The Morgan fingerprint density at radius 2 is 1.13 bits per heavy atom. The van der Waals surface area contributed by atoms with E-state index in [0.29, 0.717) is 54.3 Å². The van der Waals surface area contributed by atoms with Crippen LogP contribution in [0.2, 0.25) is 0 Å². The highest BCUT2D eigenvalue weighted by atomic mass is 79.9. The molecule has 0 aliphatic carbocycles. The Morgan fingerprint density at radius 1 is 0.632 bits per heavy atom. The number of ketones is 2. The third kappa shape index (κ3) is 16.1. The number of carbonyl (C=O) groups excluding carboxylic acids is 5. The molecule has 12 rings (SSSR count). The number of carboxylic acids is 1. The molecule has 0 saturated carbocycles. The quantitative estimate of drug-likeness (QED) is 0.0492. The lowest BCUT2D eigenvalue weighted by atomic mass is 10.1. The molecule has 31 heteroatoms. The largest absolute Gasteiger partial charge is 0.480 e. The number of fused-ring (bicyclic) bond motifs is 4. The summed E-state index contributed by atoms with van der Waals surface area (Å²) in [4.78, 5) is 98.6. The van der Waals surface area contributed by atoms with Gasteiger partial charge in [0.1, 0.15) is 75.4 Å². The molecule has 2 fully saturated rings. The van der Waals surface area contributed by atoms with E-state index in [4.69, 9.17) is 5.11 Å². The number of pyridine rings is 2. The molecule has 4 aromatic carbocycles. The first-order chi connectivity index (χ1) is 41.8. The van der Waals surface area contributed by atoms with Gasteiger partial charge in [0, 0.05) is 113 Å². The summed E-state index contributed by atoms with van der Waals surface area (Å²) in [6.07, 6.45) is -2.18. The minimum Gasteiger partial charge on any atom is -0.480 e. The third-order valence-corrected chi connectivity index (χ3v) is 20.9. The van der Waals surface area contributed by atoms with Crippen LogP contribution < -0.4 is 16.0 Å². The molecule has 448 valence electrons. The fourth-order valence-corrected chi connectivity index (χ4v) is 15.7. The van der Waals surface area contributed by atoms with E-state index in [0.717, 1.165) is 33.2 Å². The van der Waals surface area contributed by atoms with Crippen LogP contribution in [-0.4, -0.2) is 132 Å². The molecule has 10 aromatic rings. The average molecular weight is 1420 g/mol. The Morgan fingerprint density at radius 3 is 1.57 bits per heavy atom. The van der Waals surface area contributed by atoms with E-state index >= 15 is 0 Å². The Hall–Kier alpha value is -7.62. The topological polar surface area (TPSA) is 281 Å². The van der Waals surface area contributed by atoms with Crippen LogP contribution in [0, 0.1) is 0 Å². The van der Waals surface area contributed by atoms with Crippen LogP contribution in [0.4, 0.5) is 20.4 Å². The van der Waals surface area contributed by atoms with Gasteiger partial charge in [-0.15, -0.1) is 0 Å². The molecule has 2 aliphatic rings. The number of carboxylic acid groups (broad SMARTS) is 1. The second kappa shape index (κ2) is 29.4. The molecule has 6 N–H and O–H groups in total. The number of Topliss-reactive ketones (excluding diaryl/α,β-unsaturated/α-hetero) is 2. The minimum absolute atomic E-state index is 0.120. The molecule has 6 aromatic heterocycles. The van der Waals surface area contributed by atoms with Crippen molar-refractivity contribution in [3.63, 3.8) is 0 Å². The smallest absolute Gasteiger partial charge is 0.325 e. The van der Waals surface area contributed by atoms with Gasteiger partial charge in [-0.25, -0.2) is 28.7 Å². The number of para-hydroxylation sites is 4. The molecular weight excluding hydrogens is 1370 g/mol. The van der Waals surface area contributed by atoms with Crippen molar-refractivity contribution in [1.82, 2.24) is 59.7 Å². The lowest BCUT2D eigenvalue weighted by molar-refractivity contribution is -0.138. The second-order valence-corrected chi connectivity index (χ2v) is 28.0. The summed E-state index contributed by atoms with van der Waals surface area (Å²) in [5.41, 5.74) is 6.68. The Labute approximate surface area is 531 Å². The highest BCUT2D eigenvalue weighted by molar-refractivity contribution is 9.10. The molecule has 2 saturated heterocycles. The lowest BCUT2D eigenvalue weighted by Gasteiger charge is -2.23. The zero-order chi connectivity index (χ0) is 61.9. The predicted molar refractivity (Wildman–Crippen MR) is 349 cm³/mol. The number of alkyl halides is 2. The molecule has 0 unspecified atom stereocenters. The minimum atomic E-state index is -1.34. The van der Waals surface area contributed by atoms with Crippen LogP contribution in [0.25, 0.3) is 66.6 Å². The Kier molecular flexibility index (Phi) is 21.6. The normalized spacial score (nSPS) is 16.0. The van der Waals surface area contributed by atoms with Crippen LogP contribution in [0.3, 0.4) is 0 Å². The van der Waals surface area contributed by atoms with Crippen molar-refractivity contribution < 1.29 is 42.7 Å². The standard InChI is InChI=1S/C28H23BrFN7O3.C18H14N4O3.C10H11BrFN3O.S6/c1-15(38)26-18-11-16(27-31-19-5-2-3-6-20(19)32-27)9-10-21(18)37(35-26)14-25(39)36-13-17(30)12-22(36)28(40)34-24-8-4-7-23(29)33-24;1-10(23)17-12-8-11(6-7-15(12)22(21-17)9-16(24)25)18-19-13-4-2-3-5-14(13)20-18;11-8-2-1-3-9(14-8)15-10(16)7-4-6(12)5-13-7;1-3-5-6-4-2/h2-11,17,22H,12-14H2,1H3,(H,31,32)(H,33,34,40);2-8H,9H2,1H3,(H,19,20)(H,24,25);1-3,6-7,13H,4-5H2,(H,14,15,16);/t17-,22+;;6-,7+;/m1.1./s1. The number of aromatic amines is 2. The number of nitrogens with zero attached hydrogens (tertiary/aromatic N) is 9. The number of benzene rings is 4. The van der Waals surface area contributed by atoms with E-state index in [1.54, 1.807) is 48.5 Å². The van der Waals surface area contributed by atoms with Crippen molar-refractivity contribution in [3.8, 4) is 22.8 Å². The Bertz CT molecular complexity index is 4400. The number of aromatic nitrogens is 10. The number of carbonyl (C=O) groups is 6. The molecule has 0 bridgehead atoms. The van der Waals surface area contributed by atoms with Gasteiger partial charge in [-0.1, -0.05) is 36.4 Å². The van der Waals surface area contributed by atoms with Crippen molar-refractivity contribution in [2.45, 2.75) is 64.2 Å². The lowest BCUT2D eigenvalue weighted by Crippen LogP contribution is -2.44. The van der Waals surface area contributed by atoms with Crippen LogP contribution in [0.5, 0.6) is 0 Å². The van der Waals surface area contributed by atoms with E-state index < -0.39 is 42.2 Å². The number of amides is 3. The molecular formula is C56H48Br2F2N14O7S6. The second-order valence-electron chi connectivity index (χ2n) is 19.3. The van der Waals surface area contributed by atoms with E-state index in [1.165, 1.54) is 63.6 Å². The van der Waals surface area contributed by atoms with E-state index in [9.17, 15) is 37.5 Å². The molecule has 87 heavy (non-hydrogen) atoms. The van der Waals surface area contributed by atoms with Crippen molar-refractivity contribution >= 4 is 181 Å². The van der Waals surface area contributed by atoms with E-state index in [1.807, 2.05) is 72.8 Å². The molecule has 0 spiro atoms. The number of hydrogen-bond donors (Lipinski definition) is 6. The van der Waals surface area contributed by atoms with Gasteiger partial charge in [-0.3, -0.25) is 38.1 Å². The van der Waals surface area contributed by atoms with Crippen molar-refractivity contribution in [2.24, 2.45) is 0 Å². The first-order valence-corrected chi connectivity index (χ1v) is 34.4. The van der Waals surface area contributed by atoms with Gasteiger partial charge in [-0.05, 0) is 117 Å². The number of H-pyrrole nitrogens is 2. The summed E-state index contributed by atoms with van der Waals surface area (Å²) in [5.74, 6) is -0.663. The van der Waals surface area contributed by atoms with Crippen molar-refractivity contribution in [3.05, 3.63) is 142 Å². The van der Waals surface area contributed by atoms with Gasteiger partial charge in [0.15, 0.2) is 11.6 Å². The molecule has 2 aliphatic heterocycles. The highest BCUT2D eigenvalue weighted by Gasteiger charge is 2.40. The first-order valence-electron chi connectivity index (χ1n) is 26.1. The zero-order valence-corrected chi connectivity index (χ0v) is 53.6. The van der Waals surface area contributed by atoms with Gasteiger partial charge >= 0.3 is 5.97 Å². The van der Waals surface area contributed by atoms with Crippen LogP contribution in [-0.2, 0) is 90.2 Å². The average Bonchev–Trinajstić information content (AvgIpc) is 4.58. The van der Waals surface area contributed by atoms with Gasteiger partial charge in [0.2, 0.25) is 17.7 Å². The van der Waals surface area contributed by atoms with Crippen molar-refractivity contribution in [1.29, 1.82) is 0 Å². The fourth-order valence-electron chi connectivity index (χ4n) is 9.54. The molecule has 21 nitrogen and oxygen atoms in total. The number of halogens is 4. The number of imidazole rings is 2. The van der Waals surface area contributed by atoms with Crippen molar-refractivity contribution in [2.75, 3.05) is 23.7 Å². The van der Waals surface area contributed by atoms with E-state index in [2.05, 4.69) is 110 Å². The number of likely N-dealkylation sites (tertiary alicyclic amines) is 1. The summed E-state index contributed by atoms with van der Waals surface area (Å²) in [6.45, 7) is 2.29. The number of aliphatic carboxylic acids is 1. The van der Waals surface area contributed by atoms with Gasteiger partial charge < -0.3 is 35.9 Å². The summed E-state index contributed by atoms with van der Waals surface area (Å²) < 4.78 is 31.3. The summed E-state index contributed by atoms with van der Waals surface area (Å²) in [6, 6.07) is 35.0. The third-order valence-electron chi connectivity index (χ3n) is 13.3. The summed E-state index contributed by atoms with van der Waals surface area (Å²) >= 11 is 15.5. The Balaban J connectivity index is 0.000000162. The van der Waals surface area contributed by atoms with Crippen LogP contribution in [0.1, 0.15) is 47.7 Å².